The van der Waals surface area contributed by atoms with E-state index in [4.69, 9.17) is 15.9 Å². The molecule has 1 aromatic heterocycles. The molecule has 144 valence electrons. The van der Waals surface area contributed by atoms with Gasteiger partial charge in [0.25, 0.3) is 0 Å². The molecule has 0 saturated carbocycles. The van der Waals surface area contributed by atoms with E-state index >= 15 is 0 Å². The molecule has 1 heterocycles. The lowest BCUT2D eigenvalue weighted by atomic mass is 10.0. The maximum Gasteiger partial charge on any atom is 0.416 e. The van der Waals surface area contributed by atoms with Gasteiger partial charge in [-0.15, -0.1) is 0 Å². The van der Waals surface area contributed by atoms with Crippen LogP contribution in [-0.2, 0) is 15.8 Å². The average Bonchev–Trinajstić information content (AvgIpc) is 2.53. The Bertz CT molecular complexity index is 866. The molecule has 1 aromatic carbocycles. The Balaban J connectivity index is 0.000000387. The van der Waals surface area contributed by atoms with Gasteiger partial charge in [-0.1, -0.05) is 6.07 Å². The molecule has 0 fully saturated rings. The van der Waals surface area contributed by atoms with Gasteiger partial charge in [-0.25, -0.2) is 23.9 Å². The van der Waals surface area contributed by atoms with Gasteiger partial charge in [-0.3, -0.25) is 0 Å². The second kappa shape index (κ2) is 8.74. The minimum Gasteiger partial charge on any atom is -0.478 e. The predicted molar refractivity (Wildman–Crippen MR) is 86.0 cm³/mol. The van der Waals surface area contributed by atoms with Crippen molar-refractivity contribution in [1.82, 2.24) is 9.97 Å². The molecule has 0 bridgehead atoms. The van der Waals surface area contributed by atoms with Gasteiger partial charge >= 0.3 is 18.1 Å². The minimum absolute atomic E-state index is 0.00509. The number of aromatic nitrogens is 2. The predicted octanol–water partition coefficient (Wildman–Crippen LogP) is 2.90. The van der Waals surface area contributed by atoms with Crippen molar-refractivity contribution in [3.8, 4) is 11.1 Å². The maximum absolute atomic E-state index is 13.8. The molecule has 2 aromatic rings. The van der Waals surface area contributed by atoms with Crippen LogP contribution in [0.2, 0.25) is 0 Å². The Morgan fingerprint density at radius 2 is 1.67 bits per heavy atom. The van der Waals surface area contributed by atoms with Crippen LogP contribution in [0, 0.1) is 12.7 Å². The molecule has 4 N–H and O–H groups in total. The lowest BCUT2D eigenvalue weighted by Crippen LogP contribution is -2.06. The number of nitrogens with zero attached hydrogens (tertiary/aromatic N) is 2. The van der Waals surface area contributed by atoms with Gasteiger partial charge in [0, 0.05) is 29.5 Å². The number of carboxylic acids is 2. The first-order valence-corrected chi connectivity index (χ1v) is 7.02. The van der Waals surface area contributed by atoms with Crippen LogP contribution >= 0.6 is 0 Å². The van der Waals surface area contributed by atoms with Crippen LogP contribution in [0.4, 0.5) is 23.5 Å². The van der Waals surface area contributed by atoms with E-state index in [2.05, 4.69) is 9.97 Å². The average molecular weight is 387 g/mol. The molecule has 27 heavy (non-hydrogen) atoms. The number of halogens is 4. The zero-order valence-corrected chi connectivity index (χ0v) is 13.7. The third-order valence-electron chi connectivity index (χ3n) is 2.95. The van der Waals surface area contributed by atoms with Crippen LogP contribution < -0.4 is 5.73 Å². The van der Waals surface area contributed by atoms with E-state index in [0.717, 1.165) is 12.1 Å². The van der Waals surface area contributed by atoms with Crippen molar-refractivity contribution < 1.29 is 37.4 Å². The topological polar surface area (TPSA) is 126 Å². The van der Waals surface area contributed by atoms with Crippen molar-refractivity contribution in [2.45, 2.75) is 13.1 Å². The van der Waals surface area contributed by atoms with Crippen molar-refractivity contribution in [2.75, 3.05) is 5.73 Å². The summed E-state index contributed by atoms with van der Waals surface area (Å²) < 4.78 is 51.0. The van der Waals surface area contributed by atoms with Crippen molar-refractivity contribution in [3.63, 3.8) is 0 Å². The molecule has 0 aliphatic heterocycles. The Labute approximate surface area is 149 Å². The normalized spacial score (nSPS) is 11.0. The largest absolute Gasteiger partial charge is 0.478 e. The van der Waals surface area contributed by atoms with E-state index in [9.17, 15) is 27.2 Å². The molecule has 0 atom stereocenters. The molecular weight excluding hydrogens is 374 g/mol. The molecule has 0 spiro atoms. The minimum atomic E-state index is -4.58. The highest BCUT2D eigenvalue weighted by atomic mass is 19.4. The number of aliphatic carboxylic acids is 2. The van der Waals surface area contributed by atoms with Gasteiger partial charge in [0.1, 0.15) is 5.82 Å². The molecule has 0 saturated heterocycles. The Hall–Kier alpha value is -3.50. The van der Waals surface area contributed by atoms with Crippen molar-refractivity contribution in [2.24, 2.45) is 0 Å². The molecule has 7 nitrogen and oxygen atoms in total. The highest BCUT2D eigenvalue weighted by Crippen LogP contribution is 2.33. The first-order chi connectivity index (χ1) is 12.4. The summed E-state index contributed by atoms with van der Waals surface area (Å²) >= 11 is 0. The van der Waals surface area contributed by atoms with Crippen molar-refractivity contribution in [1.29, 1.82) is 0 Å². The van der Waals surface area contributed by atoms with Crippen molar-refractivity contribution >= 4 is 17.9 Å². The van der Waals surface area contributed by atoms with Crippen molar-refractivity contribution in [3.05, 3.63) is 53.6 Å². The van der Waals surface area contributed by atoms with Crippen LogP contribution in [0.5, 0.6) is 0 Å². The van der Waals surface area contributed by atoms with E-state index in [1.54, 1.807) is 6.92 Å². The van der Waals surface area contributed by atoms with Gasteiger partial charge < -0.3 is 15.9 Å². The van der Waals surface area contributed by atoms with Crippen LogP contribution in [0.3, 0.4) is 0 Å². The number of hydrogen-bond acceptors (Lipinski definition) is 5. The summed E-state index contributed by atoms with van der Waals surface area (Å²) in [4.78, 5) is 26.7. The van der Waals surface area contributed by atoms with E-state index < -0.39 is 29.5 Å². The zero-order valence-electron chi connectivity index (χ0n) is 13.7. The standard InChI is InChI=1S/C12H9F4N3.C4H4O4/c1-6-9(5-18-11(17)19-6)8-3-2-7(4-10(8)13)12(14,15)16;5-3(6)1-2-4(7)8/h2-5H,1H3,(H2,17,18,19);1-2H,(H,5,6)(H,7,8)/b;2-1+. The number of carbonyl (C=O) groups is 2. The molecule has 0 radical (unpaired) electrons. The SMILES string of the molecule is Cc1nc(N)ncc1-c1ccc(C(F)(F)F)cc1F.O=C(O)/C=C/C(=O)O. The fourth-order valence-corrected chi connectivity index (χ4v) is 1.80. The number of rotatable bonds is 3. The van der Waals surface area contributed by atoms with Gasteiger partial charge in [0.05, 0.1) is 11.3 Å². The van der Waals surface area contributed by atoms with Crippen LogP contribution in [0.25, 0.3) is 11.1 Å². The van der Waals surface area contributed by atoms with Crippen LogP contribution in [0.1, 0.15) is 11.3 Å². The second-order valence-electron chi connectivity index (χ2n) is 4.93. The lowest BCUT2D eigenvalue weighted by Gasteiger charge is -2.10. The van der Waals surface area contributed by atoms with E-state index in [0.29, 0.717) is 29.5 Å². The van der Waals surface area contributed by atoms with E-state index in [-0.39, 0.29) is 11.5 Å². The fourth-order valence-electron chi connectivity index (χ4n) is 1.80. The molecule has 0 aliphatic rings. The Kier molecular flexibility index (Phi) is 6.97. The number of nitrogens with two attached hydrogens (primary N) is 1. The summed E-state index contributed by atoms with van der Waals surface area (Å²) in [7, 11) is 0. The Morgan fingerprint density at radius 1 is 1.11 bits per heavy atom. The Morgan fingerprint density at radius 3 is 2.07 bits per heavy atom. The van der Waals surface area contributed by atoms with E-state index in [1.807, 2.05) is 0 Å². The summed E-state index contributed by atoms with van der Waals surface area (Å²) in [6.07, 6.45) is -2.18. The smallest absolute Gasteiger partial charge is 0.416 e. The first kappa shape index (κ1) is 21.5. The second-order valence-corrected chi connectivity index (χ2v) is 4.93. The number of aryl methyl sites for hydroxylation is 1. The van der Waals surface area contributed by atoms with E-state index in [1.165, 1.54) is 6.20 Å². The quantitative estimate of drug-likeness (QED) is 0.546. The fraction of sp³-hybridized carbons (Fsp3) is 0.125. The number of alkyl halides is 3. The van der Waals surface area contributed by atoms with Gasteiger partial charge in [-0.05, 0) is 19.1 Å². The lowest BCUT2D eigenvalue weighted by molar-refractivity contribution is -0.137. The number of hydrogen-bond donors (Lipinski definition) is 3. The van der Waals surface area contributed by atoms with Gasteiger partial charge in [0.15, 0.2) is 0 Å². The molecule has 2 rings (SSSR count). The van der Waals surface area contributed by atoms with Gasteiger partial charge in [-0.2, -0.15) is 13.2 Å². The first-order valence-electron chi connectivity index (χ1n) is 7.02. The molecule has 11 heteroatoms. The third-order valence-corrected chi connectivity index (χ3v) is 2.95. The maximum atomic E-state index is 13.8. The third kappa shape index (κ3) is 6.72. The molecular formula is C16H13F4N3O4. The highest BCUT2D eigenvalue weighted by molar-refractivity contribution is 5.89. The number of carboxylic acid groups (broad SMARTS) is 2. The zero-order chi connectivity index (χ0) is 20.8. The summed E-state index contributed by atoms with van der Waals surface area (Å²) in [6, 6.07) is 2.32. The molecule has 0 amide bonds. The summed E-state index contributed by atoms with van der Waals surface area (Å²) in [5.74, 6) is -3.47. The highest BCUT2D eigenvalue weighted by Gasteiger charge is 2.31. The van der Waals surface area contributed by atoms with Crippen LogP contribution in [-0.4, -0.2) is 32.1 Å². The van der Waals surface area contributed by atoms with Gasteiger partial charge in [0.2, 0.25) is 5.95 Å². The molecule has 0 aliphatic carbocycles. The summed E-state index contributed by atoms with van der Waals surface area (Å²) in [5, 5.41) is 15.6. The number of anilines is 1. The van der Waals surface area contributed by atoms with Crippen LogP contribution in [0.15, 0.2) is 36.5 Å². The summed E-state index contributed by atoms with van der Waals surface area (Å²) in [5.41, 5.74) is 5.03. The monoisotopic (exact) mass is 387 g/mol. The number of nitrogen functional groups attached to an aromatic ring is 1. The summed E-state index contributed by atoms with van der Waals surface area (Å²) in [6.45, 7) is 1.57. The molecule has 0 unspecified atom stereocenters. The number of benzene rings is 1.